The molecule has 0 aliphatic heterocycles. The van der Waals surface area contributed by atoms with Gasteiger partial charge in [0.1, 0.15) is 0 Å². The lowest BCUT2D eigenvalue weighted by Crippen LogP contribution is -2.43. The smallest absolute Gasteiger partial charge is 0.316 e. The number of hydrogen-bond acceptors (Lipinski definition) is 5. The molecule has 1 aromatic carbocycles. The first kappa shape index (κ1) is 23.2. The largest absolute Gasteiger partial charge is 0.365 e. The van der Waals surface area contributed by atoms with Crippen LogP contribution in [0.15, 0.2) is 22.6 Å². The van der Waals surface area contributed by atoms with Crippen LogP contribution in [0.2, 0.25) is 0 Å². The molecule has 0 radical (unpaired) electrons. The van der Waals surface area contributed by atoms with Crippen LogP contribution in [-0.2, 0) is 21.7 Å². The van der Waals surface area contributed by atoms with E-state index in [1.807, 2.05) is 6.07 Å². The third-order valence-electron chi connectivity index (χ3n) is 4.30. The summed E-state index contributed by atoms with van der Waals surface area (Å²) >= 11 is 5.29. The van der Waals surface area contributed by atoms with E-state index in [0.29, 0.717) is 22.9 Å². The number of carbonyl (C=O) groups is 1. The van der Waals surface area contributed by atoms with Crippen molar-refractivity contribution in [3.05, 3.63) is 29.3 Å². The number of thiocarbonyl (C=S) groups is 1. The maximum absolute atomic E-state index is 12.7. The number of aryl methyl sites for hydroxylation is 1. The Kier molecular flexibility index (Phi) is 10.8. The fraction of sp³-hybridized carbons (Fsp3) is 0.579. The number of unbranched alkanes of at least 4 members (excludes halogenated alkanes) is 5. The second-order valence-electron chi connectivity index (χ2n) is 6.47. The van der Waals surface area contributed by atoms with E-state index in [9.17, 15) is 13.2 Å². The first-order valence-corrected chi connectivity index (χ1v) is 10.8. The van der Waals surface area contributed by atoms with E-state index >= 15 is 0 Å². The van der Waals surface area contributed by atoms with Crippen LogP contribution < -0.4 is 5.32 Å². The van der Waals surface area contributed by atoms with E-state index in [1.54, 1.807) is 31.0 Å². The van der Waals surface area contributed by atoms with Crippen LogP contribution in [0.1, 0.15) is 56.6 Å². The van der Waals surface area contributed by atoms with Gasteiger partial charge >= 0.3 is 10.5 Å². The molecule has 0 fully saturated rings. The number of nitrogens with zero attached hydrogens (tertiary/aromatic N) is 2. The van der Waals surface area contributed by atoms with Crippen LogP contribution in [0.3, 0.4) is 0 Å². The Morgan fingerprint density at radius 2 is 1.85 bits per heavy atom. The fourth-order valence-electron chi connectivity index (χ4n) is 2.74. The van der Waals surface area contributed by atoms with Crippen LogP contribution in [-0.4, -0.2) is 37.9 Å². The molecule has 1 amide bonds. The Hall–Kier alpha value is -1.80. The predicted molar refractivity (Wildman–Crippen MR) is 113 cm³/mol. The quantitative estimate of drug-likeness (QED) is 0.466. The van der Waals surface area contributed by atoms with Crippen LogP contribution in [0.25, 0.3) is 0 Å². The summed E-state index contributed by atoms with van der Waals surface area (Å²) in [7, 11) is -0.820. The van der Waals surface area contributed by atoms with Gasteiger partial charge in [0.25, 0.3) is 0 Å². The number of nitrogens with one attached hydrogen (secondary N) is 1. The minimum atomic E-state index is -2.52. The predicted octanol–water partition coefficient (Wildman–Crippen LogP) is 3.93. The zero-order valence-corrected chi connectivity index (χ0v) is 18.0. The summed E-state index contributed by atoms with van der Waals surface area (Å²) < 4.78 is 25.2. The highest BCUT2D eigenvalue weighted by Crippen LogP contribution is 2.21. The summed E-state index contributed by atoms with van der Waals surface area (Å²) in [5, 5.41) is 3.28. The van der Waals surface area contributed by atoms with Crippen molar-refractivity contribution in [2.24, 2.45) is 4.36 Å². The molecule has 0 atom stereocenters. The van der Waals surface area contributed by atoms with E-state index in [2.05, 4.69) is 16.6 Å². The molecule has 1 N–H and O–H groups in total. The molecule has 0 spiro atoms. The van der Waals surface area contributed by atoms with Gasteiger partial charge in [-0.3, -0.25) is 9.69 Å². The molecule has 0 unspecified atom stereocenters. The van der Waals surface area contributed by atoms with E-state index < -0.39 is 10.5 Å². The molecule has 1 rings (SSSR count). The van der Waals surface area contributed by atoms with Gasteiger partial charge in [-0.1, -0.05) is 51.2 Å². The van der Waals surface area contributed by atoms with E-state index in [0.717, 1.165) is 24.8 Å². The Labute approximate surface area is 169 Å². The van der Waals surface area contributed by atoms with Crippen molar-refractivity contribution >= 4 is 39.4 Å². The minimum absolute atomic E-state index is 0.110. The zero-order valence-electron chi connectivity index (χ0n) is 16.3. The number of hydrogen-bond donors (Lipinski definition) is 1. The Bertz CT molecular complexity index is 768. The van der Waals surface area contributed by atoms with Crippen LogP contribution in [0.5, 0.6) is 0 Å². The van der Waals surface area contributed by atoms with Gasteiger partial charge in [-0.25, -0.2) is 0 Å². The van der Waals surface area contributed by atoms with Crippen molar-refractivity contribution in [1.82, 2.24) is 10.2 Å². The molecule has 8 heteroatoms. The van der Waals surface area contributed by atoms with E-state index in [4.69, 9.17) is 12.2 Å². The van der Waals surface area contributed by atoms with Crippen molar-refractivity contribution in [1.29, 1.82) is 0 Å². The van der Waals surface area contributed by atoms with Crippen LogP contribution >= 0.6 is 12.2 Å². The second kappa shape index (κ2) is 12.6. The third kappa shape index (κ3) is 8.62. The van der Waals surface area contributed by atoms with Gasteiger partial charge in [0.2, 0.25) is 5.91 Å². The van der Waals surface area contributed by atoms with E-state index in [1.165, 1.54) is 19.3 Å². The fourth-order valence-corrected chi connectivity index (χ4v) is 3.29. The maximum Gasteiger partial charge on any atom is 0.316 e. The average Bonchev–Trinajstić information content (AvgIpc) is 2.62. The Morgan fingerprint density at radius 3 is 2.48 bits per heavy atom. The van der Waals surface area contributed by atoms with Gasteiger partial charge in [0, 0.05) is 13.6 Å². The van der Waals surface area contributed by atoms with Gasteiger partial charge in [-0.05, 0) is 42.8 Å². The van der Waals surface area contributed by atoms with Crippen molar-refractivity contribution in [3.8, 4) is 0 Å². The minimum Gasteiger partial charge on any atom is -0.365 e. The van der Waals surface area contributed by atoms with Crippen molar-refractivity contribution in [2.75, 3.05) is 13.6 Å². The lowest BCUT2D eigenvalue weighted by atomic mass is 10.1. The van der Waals surface area contributed by atoms with Crippen molar-refractivity contribution in [3.63, 3.8) is 0 Å². The first-order valence-electron chi connectivity index (χ1n) is 9.31. The molecular weight excluding hydrogens is 382 g/mol. The first-order chi connectivity index (χ1) is 12.9. The van der Waals surface area contributed by atoms with Crippen molar-refractivity contribution < 1.29 is 13.2 Å². The molecule has 0 aliphatic carbocycles. The number of carbonyl (C=O) groups excluding carboxylic acids is 1. The highest BCUT2D eigenvalue weighted by molar-refractivity contribution is 7.80. The SMILES string of the molecule is CCCCCCCCN(C(=O)Cc1ccc(C)c(N=S(=O)=O)c1)C(=S)NC. The van der Waals surface area contributed by atoms with Crippen molar-refractivity contribution in [2.45, 2.75) is 58.8 Å². The van der Waals surface area contributed by atoms with Gasteiger partial charge in [-0.15, -0.1) is 4.36 Å². The Balaban J connectivity index is 2.76. The molecule has 0 saturated carbocycles. The third-order valence-corrected chi connectivity index (χ3v) is 5.07. The standard InChI is InChI=1S/C19H29N3O3S2/c1-4-5-6-7-8-9-12-22(19(26)20-3)18(23)14-16-11-10-15(2)17(13-16)21-27(24)25/h10-11,13H,4-9,12,14H2,1-3H3,(H,20,26). The number of rotatable bonds is 10. The molecule has 6 nitrogen and oxygen atoms in total. The van der Waals surface area contributed by atoms with Gasteiger partial charge in [0.15, 0.2) is 5.11 Å². The summed E-state index contributed by atoms with van der Waals surface area (Å²) in [4.78, 5) is 14.3. The molecular formula is C19H29N3O3S2. The molecule has 150 valence electrons. The Morgan fingerprint density at radius 1 is 1.19 bits per heavy atom. The molecule has 1 aromatic rings. The maximum atomic E-state index is 12.7. The van der Waals surface area contributed by atoms with Gasteiger partial charge in [-0.2, -0.15) is 8.42 Å². The summed E-state index contributed by atoms with van der Waals surface area (Å²) in [6.07, 6.45) is 6.95. The molecule has 0 aromatic heterocycles. The zero-order chi connectivity index (χ0) is 20.2. The highest BCUT2D eigenvalue weighted by Gasteiger charge is 2.18. The molecule has 27 heavy (non-hydrogen) atoms. The summed E-state index contributed by atoms with van der Waals surface area (Å²) in [6, 6.07) is 5.21. The average molecular weight is 412 g/mol. The molecule has 0 bridgehead atoms. The van der Waals surface area contributed by atoms with E-state index in [-0.39, 0.29) is 12.3 Å². The van der Waals surface area contributed by atoms with Crippen LogP contribution in [0, 0.1) is 6.92 Å². The second-order valence-corrected chi connectivity index (χ2v) is 7.48. The van der Waals surface area contributed by atoms with Gasteiger partial charge in [0.05, 0.1) is 12.1 Å². The van der Waals surface area contributed by atoms with Crippen LogP contribution in [0.4, 0.5) is 5.69 Å². The van der Waals surface area contributed by atoms with Gasteiger partial charge < -0.3 is 5.32 Å². The molecule has 0 heterocycles. The summed E-state index contributed by atoms with van der Waals surface area (Å²) in [5.41, 5.74) is 1.80. The topological polar surface area (TPSA) is 78.8 Å². The number of amides is 1. The highest BCUT2D eigenvalue weighted by atomic mass is 32.2. The lowest BCUT2D eigenvalue weighted by molar-refractivity contribution is -0.126. The molecule has 0 aliphatic rings. The molecule has 0 saturated heterocycles. The summed E-state index contributed by atoms with van der Waals surface area (Å²) in [5.74, 6) is -0.110. The summed E-state index contributed by atoms with van der Waals surface area (Å²) in [6.45, 7) is 4.54. The monoisotopic (exact) mass is 411 g/mol. The lowest BCUT2D eigenvalue weighted by Gasteiger charge is -2.23. The normalized spacial score (nSPS) is 10.3. The number of benzene rings is 1.